The Labute approximate surface area is 109 Å². The lowest BCUT2D eigenvalue weighted by atomic mass is 10.2. The predicted molar refractivity (Wildman–Crippen MR) is 77.3 cm³/mol. The first-order valence-corrected chi connectivity index (χ1v) is 6.49. The molecule has 0 radical (unpaired) electrons. The molecule has 0 fully saturated rings. The Morgan fingerprint density at radius 2 is 1.72 bits per heavy atom. The Morgan fingerprint density at radius 3 is 2.17 bits per heavy atom. The number of nitrogens with one attached hydrogen (secondary N) is 2. The average molecular weight is 249 g/mol. The third-order valence-corrected chi connectivity index (χ3v) is 2.67. The normalized spacial score (nSPS) is 10.3. The van der Waals surface area contributed by atoms with Crippen LogP contribution in [-0.2, 0) is 0 Å². The number of carbonyl (C=O) groups excluding carboxylic acids is 1. The molecule has 0 unspecified atom stereocenters. The van der Waals surface area contributed by atoms with Crippen molar-refractivity contribution in [3.8, 4) is 0 Å². The Hall–Kier alpha value is -1.71. The van der Waals surface area contributed by atoms with Gasteiger partial charge in [0, 0.05) is 30.5 Å². The second-order valence-corrected chi connectivity index (χ2v) is 4.47. The fourth-order valence-corrected chi connectivity index (χ4v) is 1.77. The zero-order valence-electron chi connectivity index (χ0n) is 11.7. The minimum atomic E-state index is -0.166. The second kappa shape index (κ2) is 6.89. The number of carbonyl (C=O) groups is 1. The van der Waals surface area contributed by atoms with Crippen molar-refractivity contribution in [3.05, 3.63) is 24.3 Å². The molecule has 18 heavy (non-hydrogen) atoms. The van der Waals surface area contributed by atoms with Crippen LogP contribution in [0.5, 0.6) is 0 Å². The fourth-order valence-electron chi connectivity index (χ4n) is 1.77. The summed E-state index contributed by atoms with van der Waals surface area (Å²) in [6.07, 6.45) is 0. The molecule has 0 saturated heterocycles. The fraction of sp³-hybridized carbons (Fsp3) is 0.500. The van der Waals surface area contributed by atoms with Gasteiger partial charge in [-0.1, -0.05) is 0 Å². The minimum Gasteiger partial charge on any atom is -0.372 e. The predicted octanol–water partition coefficient (Wildman–Crippen LogP) is 3.06. The Bertz CT molecular complexity index is 369. The zero-order chi connectivity index (χ0) is 13.5. The molecule has 100 valence electrons. The maximum absolute atomic E-state index is 11.5. The molecule has 0 aliphatic heterocycles. The zero-order valence-corrected chi connectivity index (χ0v) is 11.7. The van der Waals surface area contributed by atoms with Gasteiger partial charge in [-0.05, 0) is 52.0 Å². The first kappa shape index (κ1) is 14.4. The Balaban J connectivity index is 2.62. The number of benzene rings is 1. The van der Waals surface area contributed by atoms with Gasteiger partial charge in [0.1, 0.15) is 0 Å². The highest BCUT2D eigenvalue weighted by molar-refractivity contribution is 5.89. The van der Waals surface area contributed by atoms with Crippen LogP contribution in [0.4, 0.5) is 16.2 Å². The van der Waals surface area contributed by atoms with Crippen LogP contribution in [0, 0.1) is 0 Å². The molecule has 0 bridgehead atoms. The van der Waals surface area contributed by atoms with Gasteiger partial charge < -0.3 is 15.5 Å². The van der Waals surface area contributed by atoms with Gasteiger partial charge in [-0.3, -0.25) is 0 Å². The van der Waals surface area contributed by atoms with Crippen LogP contribution in [0.3, 0.4) is 0 Å². The van der Waals surface area contributed by atoms with Crippen LogP contribution in [-0.4, -0.2) is 25.2 Å². The molecule has 4 nitrogen and oxygen atoms in total. The quantitative estimate of drug-likeness (QED) is 0.842. The van der Waals surface area contributed by atoms with Crippen molar-refractivity contribution in [1.82, 2.24) is 5.32 Å². The molecule has 0 saturated carbocycles. The van der Waals surface area contributed by atoms with Gasteiger partial charge in [0.05, 0.1) is 0 Å². The van der Waals surface area contributed by atoms with E-state index in [-0.39, 0.29) is 12.1 Å². The van der Waals surface area contributed by atoms with Gasteiger partial charge >= 0.3 is 6.03 Å². The van der Waals surface area contributed by atoms with E-state index in [0.717, 1.165) is 18.8 Å². The highest BCUT2D eigenvalue weighted by atomic mass is 16.2. The summed E-state index contributed by atoms with van der Waals surface area (Å²) in [7, 11) is 0. The molecule has 0 heterocycles. The van der Waals surface area contributed by atoms with Crippen molar-refractivity contribution >= 4 is 17.4 Å². The summed E-state index contributed by atoms with van der Waals surface area (Å²) in [5, 5.41) is 5.60. The largest absolute Gasteiger partial charge is 0.372 e. The number of nitrogens with zero attached hydrogens (tertiary/aromatic N) is 1. The van der Waals surface area contributed by atoms with E-state index >= 15 is 0 Å². The number of hydrogen-bond donors (Lipinski definition) is 2. The van der Waals surface area contributed by atoms with Crippen molar-refractivity contribution in [2.24, 2.45) is 0 Å². The van der Waals surface area contributed by atoms with Gasteiger partial charge in [-0.2, -0.15) is 0 Å². The van der Waals surface area contributed by atoms with Gasteiger partial charge in [0.25, 0.3) is 0 Å². The number of hydrogen-bond acceptors (Lipinski definition) is 2. The first-order valence-electron chi connectivity index (χ1n) is 6.49. The number of anilines is 2. The molecule has 0 atom stereocenters. The SMILES string of the molecule is CCN(CC)c1ccc(NC(=O)NC(C)C)cc1. The first-order chi connectivity index (χ1) is 8.56. The summed E-state index contributed by atoms with van der Waals surface area (Å²) in [4.78, 5) is 13.8. The summed E-state index contributed by atoms with van der Waals surface area (Å²) in [6.45, 7) is 10.1. The topological polar surface area (TPSA) is 44.4 Å². The molecule has 1 aromatic carbocycles. The molecule has 1 aromatic rings. The lowest BCUT2D eigenvalue weighted by Gasteiger charge is -2.21. The van der Waals surface area contributed by atoms with Crippen molar-refractivity contribution in [2.45, 2.75) is 33.7 Å². The highest BCUT2D eigenvalue weighted by Crippen LogP contribution is 2.17. The van der Waals surface area contributed by atoms with E-state index in [9.17, 15) is 4.79 Å². The van der Waals surface area contributed by atoms with Gasteiger partial charge in [0.15, 0.2) is 0 Å². The van der Waals surface area contributed by atoms with E-state index in [0.29, 0.717) is 0 Å². The van der Waals surface area contributed by atoms with Crippen LogP contribution < -0.4 is 15.5 Å². The molecule has 0 spiro atoms. The van der Waals surface area contributed by atoms with Crippen LogP contribution in [0.2, 0.25) is 0 Å². The Kier molecular flexibility index (Phi) is 5.49. The Morgan fingerprint density at radius 1 is 1.17 bits per heavy atom. The summed E-state index contributed by atoms with van der Waals surface area (Å²) >= 11 is 0. The minimum absolute atomic E-state index is 0.139. The molecular weight excluding hydrogens is 226 g/mol. The van der Waals surface area contributed by atoms with Gasteiger partial charge in [-0.25, -0.2) is 4.79 Å². The highest BCUT2D eigenvalue weighted by Gasteiger charge is 2.04. The standard InChI is InChI=1S/C14H23N3O/c1-5-17(6-2)13-9-7-12(8-10-13)16-14(18)15-11(3)4/h7-11H,5-6H2,1-4H3,(H2,15,16,18). The average Bonchev–Trinajstić information content (AvgIpc) is 2.31. The summed E-state index contributed by atoms with van der Waals surface area (Å²) in [5.41, 5.74) is 1.99. The molecule has 0 aliphatic carbocycles. The van der Waals surface area contributed by atoms with Crippen molar-refractivity contribution in [3.63, 3.8) is 0 Å². The van der Waals surface area contributed by atoms with Crippen molar-refractivity contribution < 1.29 is 4.79 Å². The van der Waals surface area contributed by atoms with E-state index in [1.165, 1.54) is 5.69 Å². The van der Waals surface area contributed by atoms with Crippen LogP contribution in [0.25, 0.3) is 0 Å². The monoisotopic (exact) mass is 249 g/mol. The molecule has 2 amide bonds. The number of amides is 2. The third kappa shape index (κ3) is 4.28. The second-order valence-electron chi connectivity index (χ2n) is 4.47. The van der Waals surface area contributed by atoms with Crippen molar-refractivity contribution in [2.75, 3.05) is 23.3 Å². The summed E-state index contributed by atoms with van der Waals surface area (Å²) in [5.74, 6) is 0. The van der Waals surface area contributed by atoms with E-state index in [1.54, 1.807) is 0 Å². The molecule has 4 heteroatoms. The van der Waals surface area contributed by atoms with Crippen LogP contribution >= 0.6 is 0 Å². The molecular formula is C14H23N3O. The van der Waals surface area contributed by atoms with E-state index in [1.807, 2.05) is 38.1 Å². The maximum atomic E-state index is 11.5. The van der Waals surface area contributed by atoms with Crippen molar-refractivity contribution in [1.29, 1.82) is 0 Å². The maximum Gasteiger partial charge on any atom is 0.319 e. The van der Waals surface area contributed by atoms with E-state index in [4.69, 9.17) is 0 Å². The third-order valence-electron chi connectivity index (χ3n) is 2.67. The number of urea groups is 1. The molecule has 2 N–H and O–H groups in total. The molecule has 1 rings (SSSR count). The summed E-state index contributed by atoms with van der Waals surface area (Å²) in [6, 6.07) is 7.87. The molecule has 0 aliphatic rings. The van der Waals surface area contributed by atoms with Crippen LogP contribution in [0.15, 0.2) is 24.3 Å². The lowest BCUT2D eigenvalue weighted by molar-refractivity contribution is 0.250. The van der Waals surface area contributed by atoms with Gasteiger partial charge in [-0.15, -0.1) is 0 Å². The smallest absolute Gasteiger partial charge is 0.319 e. The molecule has 0 aromatic heterocycles. The van der Waals surface area contributed by atoms with Gasteiger partial charge in [0.2, 0.25) is 0 Å². The van der Waals surface area contributed by atoms with E-state index < -0.39 is 0 Å². The van der Waals surface area contributed by atoms with E-state index in [2.05, 4.69) is 29.4 Å². The summed E-state index contributed by atoms with van der Waals surface area (Å²) < 4.78 is 0. The lowest BCUT2D eigenvalue weighted by Crippen LogP contribution is -2.34. The van der Waals surface area contributed by atoms with Crippen LogP contribution in [0.1, 0.15) is 27.7 Å². The number of rotatable bonds is 5.